The minimum absolute atomic E-state index is 0.00831. The van der Waals surface area contributed by atoms with Crippen LogP contribution in [0.2, 0.25) is 0 Å². The molecule has 0 bridgehead atoms. The summed E-state index contributed by atoms with van der Waals surface area (Å²) in [6, 6.07) is 5.94. The molecule has 2 nitrogen and oxygen atoms in total. The highest BCUT2D eigenvalue weighted by atomic mass is 79.9. The fourth-order valence-corrected chi connectivity index (χ4v) is 2.44. The Morgan fingerprint density at radius 3 is 2.41 bits per heavy atom. The van der Waals surface area contributed by atoms with Gasteiger partial charge in [-0.15, -0.1) is 0 Å². The molecule has 0 spiro atoms. The number of nitrogens with zero attached hydrogens (tertiary/aromatic N) is 1. The summed E-state index contributed by atoms with van der Waals surface area (Å²) in [6.45, 7) is 0. The summed E-state index contributed by atoms with van der Waals surface area (Å²) in [5, 5.41) is 0.00831. The molecule has 17 heavy (non-hydrogen) atoms. The summed E-state index contributed by atoms with van der Waals surface area (Å²) in [5.41, 5.74) is -1.36. The van der Waals surface area contributed by atoms with Gasteiger partial charge in [0.1, 0.15) is 0 Å². The van der Waals surface area contributed by atoms with E-state index in [0.717, 1.165) is 0 Å². The average molecular weight is 306 g/mol. The first-order valence-electron chi connectivity index (χ1n) is 4.68. The maximum Gasteiger partial charge on any atom is 0.418 e. The van der Waals surface area contributed by atoms with E-state index in [1.54, 1.807) is 6.07 Å². The van der Waals surface area contributed by atoms with Gasteiger partial charge in [0.2, 0.25) is 0 Å². The van der Waals surface area contributed by atoms with Gasteiger partial charge in [-0.2, -0.15) is 13.2 Å². The Kier molecular flexibility index (Phi) is 2.77. The Morgan fingerprint density at radius 1 is 1.24 bits per heavy atom. The van der Waals surface area contributed by atoms with E-state index in [1.807, 2.05) is 0 Å². The second kappa shape index (κ2) is 3.87. The first kappa shape index (κ1) is 12.2. The lowest BCUT2D eigenvalue weighted by Crippen LogP contribution is -2.23. The molecule has 0 aliphatic carbocycles. The van der Waals surface area contributed by atoms with Crippen LogP contribution in [0.4, 0.5) is 13.2 Å². The molecule has 6 heteroatoms. The number of aromatic nitrogens is 1. The Labute approximate surface area is 103 Å². The highest BCUT2D eigenvalue weighted by Crippen LogP contribution is 2.37. The van der Waals surface area contributed by atoms with Gasteiger partial charge >= 0.3 is 6.18 Å². The molecule has 0 fully saturated rings. The molecule has 2 aromatic rings. The fraction of sp³-hybridized carbons (Fsp3) is 0.182. The number of hydrogen-bond donors (Lipinski definition) is 0. The lowest BCUT2D eigenvalue weighted by atomic mass is 10.1. The summed E-state index contributed by atoms with van der Waals surface area (Å²) in [7, 11) is 1.44. The average Bonchev–Trinajstić information content (AvgIpc) is 2.24. The van der Waals surface area contributed by atoms with Crippen LogP contribution in [0, 0.1) is 0 Å². The van der Waals surface area contributed by atoms with Crippen molar-refractivity contribution in [3.8, 4) is 0 Å². The number of fused-ring (bicyclic) bond motifs is 1. The smallest absolute Gasteiger partial charge is 0.310 e. The number of rotatable bonds is 0. The number of halogens is 4. The predicted octanol–water partition coefficient (Wildman–Crippen LogP) is 3.32. The number of pyridine rings is 1. The van der Waals surface area contributed by atoms with Crippen molar-refractivity contribution in [2.75, 3.05) is 0 Å². The quantitative estimate of drug-likeness (QED) is 0.732. The normalized spacial score (nSPS) is 12.1. The second-order valence-corrected chi connectivity index (χ2v) is 4.36. The number of benzene rings is 1. The van der Waals surface area contributed by atoms with Crippen molar-refractivity contribution in [3.63, 3.8) is 0 Å². The zero-order chi connectivity index (χ0) is 12.8. The molecule has 1 heterocycles. The highest BCUT2D eigenvalue weighted by molar-refractivity contribution is 9.10. The molecule has 0 amide bonds. The van der Waals surface area contributed by atoms with E-state index >= 15 is 0 Å². The molecule has 0 unspecified atom stereocenters. The van der Waals surface area contributed by atoms with Crippen molar-refractivity contribution in [3.05, 3.63) is 44.7 Å². The van der Waals surface area contributed by atoms with E-state index < -0.39 is 21.8 Å². The number of alkyl halides is 3. The van der Waals surface area contributed by atoms with Gasteiger partial charge in [-0.05, 0) is 22.0 Å². The monoisotopic (exact) mass is 305 g/mol. The van der Waals surface area contributed by atoms with E-state index in [0.29, 0.717) is 0 Å². The minimum atomic E-state index is -4.56. The molecular weight excluding hydrogens is 299 g/mol. The summed E-state index contributed by atoms with van der Waals surface area (Å²) in [4.78, 5) is 11.7. The predicted molar refractivity (Wildman–Crippen MR) is 61.9 cm³/mol. The van der Waals surface area contributed by atoms with Crippen LogP contribution in [0.15, 0.2) is 33.5 Å². The molecular formula is C11H7BrF3NO. The van der Waals surface area contributed by atoms with Gasteiger partial charge in [0.25, 0.3) is 5.56 Å². The first-order chi connectivity index (χ1) is 7.84. The van der Waals surface area contributed by atoms with E-state index in [9.17, 15) is 18.0 Å². The van der Waals surface area contributed by atoms with Crippen LogP contribution in [0.1, 0.15) is 5.56 Å². The molecule has 2 rings (SSSR count). The summed E-state index contributed by atoms with van der Waals surface area (Å²) < 4.78 is 39.5. The fourth-order valence-electron chi connectivity index (χ4n) is 1.74. The van der Waals surface area contributed by atoms with E-state index in [1.165, 1.54) is 29.8 Å². The van der Waals surface area contributed by atoms with Crippen molar-refractivity contribution < 1.29 is 13.2 Å². The zero-order valence-corrected chi connectivity index (χ0v) is 10.3. The van der Waals surface area contributed by atoms with Gasteiger partial charge in [-0.1, -0.05) is 18.2 Å². The van der Waals surface area contributed by atoms with Crippen LogP contribution in [0.5, 0.6) is 0 Å². The van der Waals surface area contributed by atoms with Crippen molar-refractivity contribution in [1.29, 1.82) is 0 Å². The topological polar surface area (TPSA) is 22.0 Å². The van der Waals surface area contributed by atoms with Crippen LogP contribution in [-0.4, -0.2) is 4.57 Å². The lowest BCUT2D eigenvalue weighted by molar-refractivity contribution is -0.137. The second-order valence-electron chi connectivity index (χ2n) is 3.57. The molecule has 0 aliphatic rings. The highest BCUT2D eigenvalue weighted by Gasteiger charge is 2.36. The standard InChI is InChI=1S/C11H7BrF3NO/c1-16-7-5-3-2-4-6(7)8(11(13,14)15)9(12)10(16)17/h2-5H,1H3. The van der Waals surface area contributed by atoms with Crippen molar-refractivity contribution in [2.24, 2.45) is 7.05 Å². The molecule has 90 valence electrons. The lowest BCUT2D eigenvalue weighted by Gasteiger charge is -2.14. The van der Waals surface area contributed by atoms with Crippen molar-refractivity contribution in [2.45, 2.75) is 6.18 Å². The molecule has 1 aromatic heterocycles. The van der Waals surface area contributed by atoms with Gasteiger partial charge in [-0.25, -0.2) is 0 Å². The minimum Gasteiger partial charge on any atom is -0.310 e. The van der Waals surface area contributed by atoms with E-state index in [4.69, 9.17) is 0 Å². The Hall–Kier alpha value is -1.30. The van der Waals surface area contributed by atoms with Gasteiger partial charge in [0.05, 0.1) is 15.6 Å². The molecule has 0 atom stereocenters. The third-order valence-corrected chi connectivity index (χ3v) is 3.27. The van der Waals surface area contributed by atoms with Crippen LogP contribution >= 0.6 is 15.9 Å². The number of para-hydroxylation sites is 1. The van der Waals surface area contributed by atoms with Crippen LogP contribution in [0.3, 0.4) is 0 Å². The van der Waals surface area contributed by atoms with Crippen LogP contribution in [0.25, 0.3) is 10.9 Å². The summed E-state index contributed by atoms with van der Waals surface area (Å²) in [5.74, 6) is 0. The Balaban J connectivity index is 3.07. The van der Waals surface area contributed by atoms with Crippen molar-refractivity contribution in [1.82, 2.24) is 4.57 Å². The SMILES string of the molecule is Cn1c(=O)c(Br)c(C(F)(F)F)c2ccccc21. The van der Waals surface area contributed by atoms with E-state index in [-0.39, 0.29) is 10.9 Å². The molecule has 0 saturated heterocycles. The van der Waals surface area contributed by atoms with Crippen molar-refractivity contribution >= 4 is 26.8 Å². The first-order valence-corrected chi connectivity index (χ1v) is 5.47. The molecule has 0 radical (unpaired) electrons. The largest absolute Gasteiger partial charge is 0.418 e. The Bertz CT molecular complexity index is 645. The van der Waals surface area contributed by atoms with Gasteiger partial charge in [0, 0.05) is 12.4 Å². The van der Waals surface area contributed by atoms with Crippen LogP contribution < -0.4 is 5.56 Å². The summed E-state index contributed by atoms with van der Waals surface area (Å²) in [6.07, 6.45) is -4.56. The maximum absolute atomic E-state index is 12.9. The number of hydrogen-bond acceptors (Lipinski definition) is 1. The zero-order valence-electron chi connectivity index (χ0n) is 8.68. The van der Waals surface area contributed by atoms with Crippen LogP contribution in [-0.2, 0) is 13.2 Å². The molecule has 1 aromatic carbocycles. The van der Waals surface area contributed by atoms with Gasteiger partial charge < -0.3 is 4.57 Å². The number of aryl methyl sites for hydroxylation is 1. The summed E-state index contributed by atoms with van der Waals surface area (Å²) >= 11 is 2.73. The third-order valence-electron chi connectivity index (χ3n) is 2.53. The molecule has 0 N–H and O–H groups in total. The molecule has 0 aliphatic heterocycles. The maximum atomic E-state index is 12.9. The van der Waals surface area contributed by atoms with Gasteiger partial charge in [0.15, 0.2) is 0 Å². The van der Waals surface area contributed by atoms with E-state index in [2.05, 4.69) is 15.9 Å². The van der Waals surface area contributed by atoms with Gasteiger partial charge in [-0.3, -0.25) is 4.79 Å². The Morgan fingerprint density at radius 2 is 1.82 bits per heavy atom. The molecule has 0 saturated carbocycles. The third kappa shape index (κ3) is 1.86.